The SMILES string of the molecule is CCCCCCCCCCCCCCCCCCCCCCC(=O)OC[C@H](COP(=O)(O)OC[C@@H](O)COP(=O)(O)OC[C@@H](COC(=O)CCCCCCCCCCCCCCC)OC(=O)CCCCCCCCCCCCCCC(C)C)OC(=O)CCCCCCCCCCCCCCCCCCCCCC. The van der Waals surface area contributed by atoms with Gasteiger partial charge in [0.1, 0.15) is 19.3 Å². The smallest absolute Gasteiger partial charge is 0.462 e. The first kappa shape index (κ1) is 106. The molecule has 0 saturated carbocycles. The maximum Gasteiger partial charge on any atom is 0.472 e. The van der Waals surface area contributed by atoms with E-state index in [9.17, 15) is 43.2 Å². The fourth-order valence-electron chi connectivity index (χ4n) is 14.0. The van der Waals surface area contributed by atoms with Crippen molar-refractivity contribution in [2.75, 3.05) is 39.6 Å². The number of phosphoric acid groups is 2. The molecular formula is C89H174O17P2. The van der Waals surface area contributed by atoms with Crippen LogP contribution in [0.15, 0.2) is 0 Å². The van der Waals surface area contributed by atoms with Crippen LogP contribution >= 0.6 is 15.6 Å². The van der Waals surface area contributed by atoms with E-state index in [2.05, 4.69) is 34.6 Å². The first-order valence-electron chi connectivity index (χ1n) is 46.1. The van der Waals surface area contributed by atoms with Crippen LogP contribution in [0.3, 0.4) is 0 Å². The maximum absolute atomic E-state index is 13.2. The highest BCUT2D eigenvalue weighted by Crippen LogP contribution is 2.45. The molecule has 0 amide bonds. The van der Waals surface area contributed by atoms with Crippen molar-refractivity contribution >= 4 is 39.5 Å². The molecule has 0 aliphatic carbocycles. The minimum atomic E-state index is -4.97. The van der Waals surface area contributed by atoms with Gasteiger partial charge in [-0.1, -0.05) is 433 Å². The van der Waals surface area contributed by atoms with Gasteiger partial charge in [-0.05, 0) is 31.6 Å². The first-order chi connectivity index (χ1) is 52.5. The van der Waals surface area contributed by atoms with E-state index in [0.717, 1.165) is 95.8 Å². The third kappa shape index (κ3) is 82.1. The minimum Gasteiger partial charge on any atom is -0.462 e. The van der Waals surface area contributed by atoms with Gasteiger partial charge in [-0.2, -0.15) is 0 Å². The second-order valence-corrected chi connectivity index (χ2v) is 35.4. The number of unbranched alkanes of at least 4 members (excludes halogenated alkanes) is 61. The monoisotopic (exact) mass is 1580 g/mol. The molecular weight excluding hydrogens is 1400 g/mol. The van der Waals surface area contributed by atoms with Crippen LogP contribution in [0.2, 0.25) is 0 Å². The Morgan fingerprint density at radius 2 is 0.426 bits per heavy atom. The largest absolute Gasteiger partial charge is 0.472 e. The van der Waals surface area contributed by atoms with Crippen molar-refractivity contribution in [1.82, 2.24) is 0 Å². The summed E-state index contributed by atoms with van der Waals surface area (Å²) < 4.78 is 69.0. The lowest BCUT2D eigenvalue weighted by Gasteiger charge is -2.21. The molecule has 0 radical (unpaired) electrons. The molecule has 108 heavy (non-hydrogen) atoms. The molecule has 17 nitrogen and oxygen atoms in total. The highest BCUT2D eigenvalue weighted by molar-refractivity contribution is 7.47. The molecule has 0 spiro atoms. The van der Waals surface area contributed by atoms with E-state index in [1.807, 2.05) is 0 Å². The Labute approximate surface area is 664 Å². The van der Waals surface area contributed by atoms with E-state index in [0.29, 0.717) is 25.7 Å². The Morgan fingerprint density at radius 1 is 0.250 bits per heavy atom. The average molecular weight is 1580 g/mol. The van der Waals surface area contributed by atoms with E-state index >= 15 is 0 Å². The lowest BCUT2D eigenvalue weighted by Crippen LogP contribution is -2.30. The Morgan fingerprint density at radius 3 is 0.630 bits per heavy atom. The molecule has 19 heteroatoms. The molecule has 0 aromatic heterocycles. The summed E-state index contributed by atoms with van der Waals surface area (Å²) in [6.07, 6.45) is 76.4. The summed E-state index contributed by atoms with van der Waals surface area (Å²) in [5, 5.41) is 10.7. The summed E-state index contributed by atoms with van der Waals surface area (Å²) in [6, 6.07) is 0. The topological polar surface area (TPSA) is 237 Å². The fourth-order valence-corrected chi connectivity index (χ4v) is 15.6. The molecule has 0 saturated heterocycles. The molecule has 0 fully saturated rings. The number of hydrogen-bond donors (Lipinski definition) is 3. The summed E-state index contributed by atoms with van der Waals surface area (Å²) in [5.74, 6) is -1.32. The molecule has 0 aromatic carbocycles. The van der Waals surface area contributed by atoms with Crippen molar-refractivity contribution in [1.29, 1.82) is 0 Å². The standard InChI is InChI=1S/C89H174O17P2/c1-6-9-12-15-18-21-24-27-29-31-33-35-37-39-42-48-53-58-63-68-73-87(92)100-79-84(105-88(93)74-69-64-59-54-49-43-40-38-36-34-32-30-28-25-22-19-16-13-10-7-2)80-103-107(95,96)101-76-83(90)77-102-108(97,98)104-81-85(78-99-86(91)72-67-62-57-52-47-41-26-23-20-17-14-11-8-3)106-89(94)75-70-65-60-55-50-45-44-46-51-56-61-66-71-82(4)5/h82-85,90H,6-81H2,1-5H3,(H,95,96)(H,97,98)/t83-,84-,85-/m1/s1. The van der Waals surface area contributed by atoms with E-state index in [-0.39, 0.29) is 25.7 Å². The summed E-state index contributed by atoms with van der Waals surface area (Å²) in [6.45, 7) is 7.40. The van der Waals surface area contributed by atoms with Gasteiger partial charge in [-0.3, -0.25) is 37.3 Å². The van der Waals surface area contributed by atoms with Crippen LogP contribution in [-0.4, -0.2) is 96.7 Å². The zero-order valence-electron chi connectivity index (χ0n) is 71.0. The molecule has 0 heterocycles. The van der Waals surface area contributed by atoms with Gasteiger partial charge in [0.25, 0.3) is 0 Å². The van der Waals surface area contributed by atoms with E-state index in [1.54, 1.807) is 0 Å². The van der Waals surface area contributed by atoms with Crippen molar-refractivity contribution in [3.05, 3.63) is 0 Å². The van der Waals surface area contributed by atoms with Gasteiger partial charge in [0.05, 0.1) is 26.4 Å². The van der Waals surface area contributed by atoms with Crippen LogP contribution < -0.4 is 0 Å². The molecule has 0 bridgehead atoms. The lowest BCUT2D eigenvalue weighted by atomic mass is 10.0. The lowest BCUT2D eigenvalue weighted by molar-refractivity contribution is -0.161. The third-order valence-electron chi connectivity index (χ3n) is 21.0. The van der Waals surface area contributed by atoms with Crippen molar-refractivity contribution < 1.29 is 80.2 Å². The van der Waals surface area contributed by atoms with Crippen LogP contribution in [0.5, 0.6) is 0 Å². The third-order valence-corrected chi connectivity index (χ3v) is 22.9. The second kappa shape index (κ2) is 81.6. The second-order valence-electron chi connectivity index (χ2n) is 32.5. The predicted octanol–water partition coefficient (Wildman–Crippen LogP) is 27.5. The molecule has 0 aliphatic heterocycles. The number of rotatable bonds is 89. The highest BCUT2D eigenvalue weighted by Gasteiger charge is 2.30. The molecule has 0 aliphatic rings. The molecule has 3 N–H and O–H groups in total. The number of aliphatic hydroxyl groups excluding tert-OH is 1. The minimum absolute atomic E-state index is 0.108. The van der Waals surface area contributed by atoms with Crippen LogP contribution in [0.4, 0.5) is 0 Å². The zero-order chi connectivity index (χ0) is 79.0. The first-order valence-corrected chi connectivity index (χ1v) is 49.1. The summed E-state index contributed by atoms with van der Waals surface area (Å²) in [7, 11) is -9.93. The number of esters is 4. The van der Waals surface area contributed by atoms with Crippen molar-refractivity contribution in [3.8, 4) is 0 Å². The van der Waals surface area contributed by atoms with Crippen LogP contribution in [0, 0.1) is 5.92 Å². The van der Waals surface area contributed by atoms with Crippen LogP contribution in [0.25, 0.3) is 0 Å². The Balaban J connectivity index is 5.25. The van der Waals surface area contributed by atoms with Gasteiger partial charge in [-0.25, -0.2) is 9.13 Å². The maximum atomic E-state index is 13.2. The van der Waals surface area contributed by atoms with Crippen molar-refractivity contribution in [2.24, 2.45) is 5.92 Å². The number of ether oxygens (including phenoxy) is 4. The number of carbonyl (C=O) groups excluding carboxylic acids is 4. The molecule has 0 aromatic rings. The average Bonchev–Trinajstić information content (AvgIpc) is 0.900. The number of phosphoric ester groups is 2. The molecule has 0 rings (SSSR count). The number of hydrogen-bond acceptors (Lipinski definition) is 15. The Hall–Kier alpha value is -1.94. The molecule has 642 valence electrons. The van der Waals surface area contributed by atoms with Crippen molar-refractivity contribution in [2.45, 2.75) is 502 Å². The Bertz CT molecular complexity index is 2050. The summed E-state index contributed by atoms with van der Waals surface area (Å²) >= 11 is 0. The van der Waals surface area contributed by atoms with E-state index < -0.39 is 97.5 Å². The van der Waals surface area contributed by atoms with E-state index in [4.69, 9.17) is 37.0 Å². The van der Waals surface area contributed by atoms with E-state index in [1.165, 1.54) is 308 Å². The number of aliphatic hydroxyl groups is 1. The normalized spacial score (nSPS) is 13.7. The van der Waals surface area contributed by atoms with Gasteiger partial charge in [0.2, 0.25) is 0 Å². The van der Waals surface area contributed by atoms with Crippen LogP contribution in [0.1, 0.15) is 484 Å². The molecule has 2 unspecified atom stereocenters. The van der Waals surface area contributed by atoms with Gasteiger partial charge in [-0.15, -0.1) is 0 Å². The fraction of sp³-hybridized carbons (Fsp3) is 0.955. The quantitative estimate of drug-likeness (QED) is 0.0222. The van der Waals surface area contributed by atoms with Gasteiger partial charge >= 0.3 is 39.5 Å². The van der Waals surface area contributed by atoms with Crippen molar-refractivity contribution in [3.63, 3.8) is 0 Å². The number of carbonyl (C=O) groups is 4. The highest BCUT2D eigenvalue weighted by atomic mass is 31.2. The summed E-state index contributed by atoms with van der Waals surface area (Å²) in [4.78, 5) is 73.4. The summed E-state index contributed by atoms with van der Waals surface area (Å²) in [5.41, 5.74) is 0. The Kier molecular flexibility index (Phi) is 80.2. The molecule has 5 atom stereocenters. The van der Waals surface area contributed by atoms with Gasteiger partial charge in [0, 0.05) is 25.7 Å². The van der Waals surface area contributed by atoms with Gasteiger partial charge in [0.15, 0.2) is 12.2 Å². The van der Waals surface area contributed by atoms with Gasteiger partial charge < -0.3 is 33.8 Å². The predicted molar refractivity (Wildman–Crippen MR) is 446 cm³/mol. The van der Waals surface area contributed by atoms with Crippen LogP contribution in [-0.2, 0) is 65.4 Å². The zero-order valence-corrected chi connectivity index (χ0v) is 72.8.